The zero-order valence-corrected chi connectivity index (χ0v) is 11.7. The van der Waals surface area contributed by atoms with E-state index in [0.29, 0.717) is 6.42 Å². The van der Waals surface area contributed by atoms with Gasteiger partial charge in [0.2, 0.25) is 0 Å². The molecule has 0 aliphatic carbocycles. The number of nitrogens with zero attached hydrogens (tertiary/aromatic N) is 2. The average molecular weight is 264 g/mol. The van der Waals surface area contributed by atoms with Crippen molar-refractivity contribution >= 4 is 23.0 Å². The Morgan fingerprint density at radius 1 is 1.39 bits per heavy atom. The SMILES string of the molecule is CC[C@]1(F)C2SC=NN2c2ccccc2C1(C)C. The summed E-state index contributed by atoms with van der Waals surface area (Å²) in [5.74, 6) is 0. The summed E-state index contributed by atoms with van der Waals surface area (Å²) in [4.78, 5) is 0. The summed E-state index contributed by atoms with van der Waals surface area (Å²) >= 11 is 1.48. The van der Waals surface area contributed by atoms with Crippen LogP contribution in [0.3, 0.4) is 0 Å². The van der Waals surface area contributed by atoms with Crippen molar-refractivity contribution in [2.75, 3.05) is 5.01 Å². The lowest BCUT2D eigenvalue weighted by molar-refractivity contribution is 0.0558. The van der Waals surface area contributed by atoms with E-state index in [1.54, 1.807) is 5.55 Å². The molecule has 0 amide bonds. The molecule has 4 heteroatoms. The molecular weight excluding hydrogens is 247 g/mol. The maximum absolute atomic E-state index is 15.6. The van der Waals surface area contributed by atoms with Crippen molar-refractivity contribution in [3.63, 3.8) is 0 Å². The normalized spacial score (nSPS) is 32.2. The van der Waals surface area contributed by atoms with Crippen molar-refractivity contribution in [2.45, 2.75) is 43.6 Å². The van der Waals surface area contributed by atoms with Gasteiger partial charge in [-0.05, 0) is 18.1 Å². The Bertz CT molecular complexity index is 514. The van der Waals surface area contributed by atoms with Crippen LogP contribution in [0.1, 0.15) is 32.8 Å². The fourth-order valence-corrected chi connectivity index (χ4v) is 4.33. The van der Waals surface area contributed by atoms with Gasteiger partial charge in [-0.15, -0.1) is 0 Å². The molecule has 2 heterocycles. The van der Waals surface area contributed by atoms with E-state index in [1.807, 2.05) is 50.0 Å². The highest BCUT2D eigenvalue weighted by Gasteiger charge is 2.59. The number of rotatable bonds is 1. The number of hydrogen-bond acceptors (Lipinski definition) is 3. The van der Waals surface area contributed by atoms with Gasteiger partial charge in [-0.2, -0.15) is 5.10 Å². The highest BCUT2D eigenvalue weighted by Crippen LogP contribution is 2.55. The summed E-state index contributed by atoms with van der Waals surface area (Å²) in [7, 11) is 0. The van der Waals surface area contributed by atoms with Gasteiger partial charge in [0.1, 0.15) is 5.37 Å². The molecule has 2 aliphatic heterocycles. The molecule has 2 nitrogen and oxygen atoms in total. The predicted molar refractivity (Wildman–Crippen MR) is 75.9 cm³/mol. The van der Waals surface area contributed by atoms with Crippen molar-refractivity contribution < 1.29 is 4.39 Å². The van der Waals surface area contributed by atoms with Gasteiger partial charge in [-0.1, -0.05) is 50.7 Å². The molecule has 0 spiro atoms. The summed E-state index contributed by atoms with van der Waals surface area (Å²) in [6, 6.07) is 8.02. The molecule has 3 rings (SSSR count). The minimum Gasteiger partial charge on any atom is -0.248 e. The number of fused-ring (bicyclic) bond motifs is 3. The van der Waals surface area contributed by atoms with E-state index in [0.717, 1.165) is 11.3 Å². The van der Waals surface area contributed by atoms with E-state index < -0.39 is 11.1 Å². The molecule has 0 saturated carbocycles. The summed E-state index contributed by atoms with van der Waals surface area (Å²) in [5, 5.41) is 5.94. The largest absolute Gasteiger partial charge is 0.248 e. The van der Waals surface area contributed by atoms with Crippen molar-refractivity contribution in [1.29, 1.82) is 0 Å². The van der Waals surface area contributed by atoms with Crippen LogP contribution in [0.5, 0.6) is 0 Å². The van der Waals surface area contributed by atoms with Crippen LogP contribution in [-0.4, -0.2) is 16.6 Å². The van der Waals surface area contributed by atoms with E-state index in [1.165, 1.54) is 11.8 Å². The molecule has 2 aliphatic rings. The Kier molecular flexibility index (Phi) is 2.49. The number of hydrazone groups is 1. The summed E-state index contributed by atoms with van der Waals surface area (Å²) in [5.41, 5.74) is 2.07. The third-order valence-corrected chi connectivity index (χ3v) is 5.40. The first-order valence-corrected chi connectivity index (χ1v) is 7.22. The zero-order valence-electron chi connectivity index (χ0n) is 10.9. The van der Waals surface area contributed by atoms with Gasteiger partial charge in [-0.3, -0.25) is 0 Å². The Labute approximate surface area is 111 Å². The first kappa shape index (κ1) is 12.0. The molecule has 0 radical (unpaired) electrons. The average Bonchev–Trinajstić information content (AvgIpc) is 2.86. The number of thioether (sulfide) groups is 1. The van der Waals surface area contributed by atoms with Crippen LogP contribution in [-0.2, 0) is 5.41 Å². The minimum absolute atomic E-state index is 0.243. The predicted octanol–water partition coefficient (Wildman–Crippen LogP) is 3.92. The minimum atomic E-state index is -1.28. The van der Waals surface area contributed by atoms with Crippen LogP contribution in [0, 0.1) is 0 Å². The molecule has 96 valence electrons. The lowest BCUT2D eigenvalue weighted by atomic mass is 9.67. The van der Waals surface area contributed by atoms with E-state index in [9.17, 15) is 0 Å². The van der Waals surface area contributed by atoms with Gasteiger partial charge in [0.25, 0.3) is 0 Å². The Morgan fingerprint density at radius 3 is 2.83 bits per heavy atom. The van der Waals surface area contributed by atoms with Crippen LogP contribution >= 0.6 is 11.8 Å². The fourth-order valence-electron chi connectivity index (χ4n) is 3.10. The van der Waals surface area contributed by atoms with Gasteiger partial charge >= 0.3 is 0 Å². The van der Waals surface area contributed by atoms with Crippen LogP contribution < -0.4 is 5.01 Å². The molecule has 1 unspecified atom stereocenters. The van der Waals surface area contributed by atoms with E-state index in [4.69, 9.17) is 0 Å². The number of halogens is 1. The first-order valence-electron chi connectivity index (χ1n) is 6.28. The number of para-hydroxylation sites is 1. The fraction of sp³-hybridized carbons (Fsp3) is 0.500. The van der Waals surface area contributed by atoms with Gasteiger partial charge in [0.15, 0.2) is 5.67 Å². The second kappa shape index (κ2) is 3.73. The maximum Gasteiger partial charge on any atom is 0.151 e. The monoisotopic (exact) mass is 264 g/mol. The molecule has 0 fully saturated rings. The van der Waals surface area contributed by atoms with Gasteiger partial charge in [0.05, 0.1) is 11.2 Å². The van der Waals surface area contributed by atoms with Gasteiger partial charge in [-0.25, -0.2) is 9.40 Å². The summed E-state index contributed by atoms with van der Waals surface area (Å²) in [6.07, 6.45) is 0.492. The van der Waals surface area contributed by atoms with Gasteiger partial charge in [0, 0.05) is 5.41 Å². The van der Waals surface area contributed by atoms with Crippen LogP contribution in [0.15, 0.2) is 29.4 Å². The molecule has 0 bridgehead atoms. The molecule has 0 saturated heterocycles. The zero-order chi connectivity index (χ0) is 13.0. The molecule has 0 aromatic heterocycles. The van der Waals surface area contributed by atoms with E-state index in [-0.39, 0.29) is 5.37 Å². The second-order valence-electron chi connectivity index (χ2n) is 5.41. The van der Waals surface area contributed by atoms with Gasteiger partial charge < -0.3 is 0 Å². The molecule has 1 aromatic carbocycles. The van der Waals surface area contributed by atoms with Crippen LogP contribution in [0.4, 0.5) is 10.1 Å². The van der Waals surface area contributed by atoms with Crippen molar-refractivity contribution in [2.24, 2.45) is 5.10 Å². The first-order chi connectivity index (χ1) is 8.52. The van der Waals surface area contributed by atoms with E-state index >= 15 is 4.39 Å². The molecular formula is C14H17FN2S. The standard InChI is InChI=1S/C14H17FN2S/c1-4-14(15)12-17(16-9-18-12)11-8-6-5-7-10(11)13(14,2)3/h5-9,12H,4H2,1-3H3/t12?,14-/m0/s1. The van der Waals surface area contributed by atoms with E-state index in [2.05, 4.69) is 5.10 Å². The van der Waals surface area contributed by atoms with Crippen molar-refractivity contribution in [1.82, 2.24) is 0 Å². The van der Waals surface area contributed by atoms with Crippen molar-refractivity contribution in [3.8, 4) is 0 Å². The Hall–Kier alpha value is -1.03. The molecule has 1 aromatic rings. The topological polar surface area (TPSA) is 15.6 Å². The molecule has 0 N–H and O–H groups in total. The number of benzene rings is 1. The Balaban J connectivity index is 2.26. The quantitative estimate of drug-likeness (QED) is 0.764. The maximum atomic E-state index is 15.6. The Morgan fingerprint density at radius 2 is 2.11 bits per heavy atom. The highest BCUT2D eigenvalue weighted by molar-refractivity contribution is 8.13. The van der Waals surface area contributed by atoms with Crippen molar-refractivity contribution in [3.05, 3.63) is 29.8 Å². The molecule has 2 atom stereocenters. The smallest absolute Gasteiger partial charge is 0.151 e. The lowest BCUT2D eigenvalue weighted by Crippen LogP contribution is -2.59. The van der Waals surface area contributed by atoms with Crippen LogP contribution in [0.2, 0.25) is 0 Å². The summed E-state index contributed by atoms with van der Waals surface area (Å²) in [6.45, 7) is 5.93. The highest BCUT2D eigenvalue weighted by atomic mass is 32.2. The molecule has 18 heavy (non-hydrogen) atoms. The third-order valence-electron chi connectivity index (χ3n) is 4.35. The van der Waals surface area contributed by atoms with Crippen LogP contribution in [0.25, 0.3) is 0 Å². The number of anilines is 1. The lowest BCUT2D eigenvalue weighted by Gasteiger charge is -2.51. The summed E-state index contributed by atoms with van der Waals surface area (Å²) < 4.78 is 15.6. The third kappa shape index (κ3) is 1.27. The number of alkyl halides is 1. The number of hydrogen-bond donors (Lipinski definition) is 0. The second-order valence-corrected chi connectivity index (χ2v) is 6.34.